The molecule has 1 aliphatic heterocycles. The van der Waals surface area contributed by atoms with Gasteiger partial charge in [0.05, 0.1) is 0 Å². The van der Waals surface area contributed by atoms with Crippen LogP contribution in [0.4, 0.5) is 0 Å². The van der Waals surface area contributed by atoms with E-state index >= 15 is 0 Å². The van der Waals surface area contributed by atoms with E-state index in [1.807, 2.05) is 4.90 Å². The van der Waals surface area contributed by atoms with Gasteiger partial charge < -0.3 is 10.6 Å². The van der Waals surface area contributed by atoms with Crippen molar-refractivity contribution in [2.24, 2.45) is 17.6 Å². The maximum atomic E-state index is 12.1. The summed E-state index contributed by atoms with van der Waals surface area (Å²) in [5.74, 6) is 1.17. The Morgan fingerprint density at radius 3 is 2.53 bits per heavy atom. The standard InChI is InChI=1S/C12H22N2O/c1-9-8-10(4-5-11(9)13)12(15)14-6-2-3-7-14/h9-11H,2-8,13H2,1H3. The van der Waals surface area contributed by atoms with Crippen LogP contribution < -0.4 is 5.73 Å². The zero-order chi connectivity index (χ0) is 10.8. The minimum absolute atomic E-state index is 0.262. The van der Waals surface area contributed by atoms with Crippen molar-refractivity contribution in [1.82, 2.24) is 4.90 Å². The summed E-state index contributed by atoms with van der Waals surface area (Å²) in [4.78, 5) is 14.2. The lowest BCUT2D eigenvalue weighted by Crippen LogP contribution is -2.41. The van der Waals surface area contributed by atoms with Gasteiger partial charge in [-0.05, 0) is 38.0 Å². The summed E-state index contributed by atoms with van der Waals surface area (Å²) in [6.45, 7) is 4.14. The molecule has 86 valence electrons. The van der Waals surface area contributed by atoms with Gasteiger partial charge in [-0.2, -0.15) is 0 Å². The molecule has 3 nitrogen and oxygen atoms in total. The number of rotatable bonds is 1. The van der Waals surface area contributed by atoms with E-state index in [1.165, 1.54) is 12.8 Å². The number of carbonyl (C=O) groups excluding carboxylic acids is 1. The van der Waals surface area contributed by atoms with E-state index in [4.69, 9.17) is 5.73 Å². The van der Waals surface area contributed by atoms with E-state index in [0.29, 0.717) is 17.9 Å². The molecule has 3 unspecified atom stereocenters. The summed E-state index contributed by atoms with van der Waals surface area (Å²) < 4.78 is 0. The van der Waals surface area contributed by atoms with Gasteiger partial charge in [-0.25, -0.2) is 0 Å². The lowest BCUT2D eigenvalue weighted by molar-refractivity contribution is -0.136. The molecular formula is C12H22N2O. The molecule has 15 heavy (non-hydrogen) atoms. The van der Waals surface area contributed by atoms with Gasteiger partial charge in [0.2, 0.25) is 5.91 Å². The van der Waals surface area contributed by atoms with Crippen LogP contribution in [-0.2, 0) is 4.79 Å². The first-order valence-corrected chi connectivity index (χ1v) is 6.23. The highest BCUT2D eigenvalue weighted by atomic mass is 16.2. The summed E-state index contributed by atoms with van der Waals surface area (Å²) in [6.07, 6.45) is 5.39. The number of carbonyl (C=O) groups is 1. The van der Waals surface area contributed by atoms with E-state index in [2.05, 4.69) is 6.92 Å². The molecule has 3 heteroatoms. The van der Waals surface area contributed by atoms with Crippen molar-refractivity contribution < 1.29 is 4.79 Å². The van der Waals surface area contributed by atoms with E-state index < -0.39 is 0 Å². The third kappa shape index (κ3) is 2.33. The lowest BCUT2D eigenvalue weighted by atomic mass is 9.79. The second kappa shape index (κ2) is 4.52. The number of amides is 1. The van der Waals surface area contributed by atoms with Crippen LogP contribution in [0.5, 0.6) is 0 Å². The van der Waals surface area contributed by atoms with Crippen LogP contribution in [0, 0.1) is 11.8 Å². The molecule has 0 radical (unpaired) electrons. The molecule has 3 atom stereocenters. The highest BCUT2D eigenvalue weighted by Gasteiger charge is 2.32. The normalized spacial score (nSPS) is 36.9. The minimum atomic E-state index is 0.262. The molecule has 1 saturated carbocycles. The first-order chi connectivity index (χ1) is 7.18. The second-order valence-corrected chi connectivity index (χ2v) is 5.18. The SMILES string of the molecule is CC1CC(C(=O)N2CCCC2)CCC1N. The summed E-state index contributed by atoms with van der Waals surface area (Å²) in [5, 5.41) is 0. The third-order valence-electron chi connectivity index (χ3n) is 4.00. The van der Waals surface area contributed by atoms with Gasteiger partial charge in [-0.1, -0.05) is 6.92 Å². The van der Waals surface area contributed by atoms with Gasteiger partial charge in [-0.3, -0.25) is 4.79 Å². The molecule has 1 aliphatic carbocycles. The molecule has 2 fully saturated rings. The third-order valence-corrected chi connectivity index (χ3v) is 4.00. The van der Waals surface area contributed by atoms with Gasteiger partial charge >= 0.3 is 0 Å². The fourth-order valence-electron chi connectivity index (χ4n) is 2.84. The average molecular weight is 210 g/mol. The number of nitrogens with two attached hydrogens (primary N) is 1. The van der Waals surface area contributed by atoms with Crippen LogP contribution in [0.25, 0.3) is 0 Å². The van der Waals surface area contributed by atoms with Crippen molar-refractivity contribution in [1.29, 1.82) is 0 Å². The molecule has 1 saturated heterocycles. The van der Waals surface area contributed by atoms with Crippen LogP contribution in [0.1, 0.15) is 39.0 Å². The molecule has 0 aromatic heterocycles. The lowest BCUT2D eigenvalue weighted by Gasteiger charge is -2.33. The first kappa shape index (κ1) is 10.9. The summed E-state index contributed by atoms with van der Waals surface area (Å²) in [6, 6.07) is 0.313. The zero-order valence-corrected chi connectivity index (χ0v) is 9.61. The van der Waals surface area contributed by atoms with Crippen molar-refractivity contribution in [3.05, 3.63) is 0 Å². The first-order valence-electron chi connectivity index (χ1n) is 6.23. The molecule has 0 spiro atoms. The van der Waals surface area contributed by atoms with Crippen molar-refractivity contribution in [3.63, 3.8) is 0 Å². The van der Waals surface area contributed by atoms with Gasteiger partial charge in [0, 0.05) is 25.0 Å². The van der Waals surface area contributed by atoms with E-state index in [0.717, 1.165) is 32.4 Å². The van der Waals surface area contributed by atoms with Gasteiger partial charge in [0.25, 0.3) is 0 Å². The Labute approximate surface area is 92.0 Å². The summed E-state index contributed by atoms with van der Waals surface area (Å²) in [7, 11) is 0. The maximum Gasteiger partial charge on any atom is 0.225 e. The Morgan fingerprint density at radius 2 is 1.93 bits per heavy atom. The number of nitrogens with zero attached hydrogens (tertiary/aromatic N) is 1. The van der Waals surface area contributed by atoms with Crippen molar-refractivity contribution in [2.75, 3.05) is 13.1 Å². The largest absolute Gasteiger partial charge is 0.342 e. The van der Waals surface area contributed by atoms with Crippen LogP contribution in [-0.4, -0.2) is 29.9 Å². The van der Waals surface area contributed by atoms with E-state index in [9.17, 15) is 4.79 Å². The monoisotopic (exact) mass is 210 g/mol. The molecule has 2 rings (SSSR count). The molecule has 1 heterocycles. The fourth-order valence-corrected chi connectivity index (χ4v) is 2.84. The van der Waals surface area contributed by atoms with Crippen molar-refractivity contribution in [2.45, 2.75) is 45.1 Å². The Kier molecular flexibility index (Phi) is 3.29. The van der Waals surface area contributed by atoms with Crippen molar-refractivity contribution in [3.8, 4) is 0 Å². The zero-order valence-electron chi connectivity index (χ0n) is 9.61. The predicted molar refractivity (Wildman–Crippen MR) is 60.3 cm³/mol. The molecule has 0 bridgehead atoms. The highest BCUT2D eigenvalue weighted by Crippen LogP contribution is 2.30. The summed E-state index contributed by atoms with van der Waals surface area (Å²) >= 11 is 0. The van der Waals surface area contributed by atoms with E-state index in [-0.39, 0.29) is 5.92 Å². The van der Waals surface area contributed by atoms with Crippen LogP contribution in [0.3, 0.4) is 0 Å². The van der Waals surface area contributed by atoms with Gasteiger partial charge in [0.15, 0.2) is 0 Å². The minimum Gasteiger partial charge on any atom is -0.342 e. The average Bonchev–Trinajstić information content (AvgIpc) is 2.74. The Morgan fingerprint density at radius 1 is 1.27 bits per heavy atom. The predicted octanol–water partition coefficient (Wildman–Crippen LogP) is 1.37. The molecule has 2 aliphatic rings. The maximum absolute atomic E-state index is 12.1. The Hall–Kier alpha value is -0.570. The molecule has 2 N–H and O–H groups in total. The molecule has 0 aromatic rings. The van der Waals surface area contributed by atoms with Crippen LogP contribution >= 0.6 is 0 Å². The molecular weight excluding hydrogens is 188 g/mol. The highest BCUT2D eigenvalue weighted by molar-refractivity contribution is 5.79. The Bertz CT molecular complexity index is 236. The van der Waals surface area contributed by atoms with E-state index in [1.54, 1.807) is 0 Å². The number of hydrogen-bond donors (Lipinski definition) is 1. The molecule has 1 amide bonds. The van der Waals surface area contributed by atoms with Crippen molar-refractivity contribution >= 4 is 5.91 Å². The fraction of sp³-hybridized carbons (Fsp3) is 0.917. The van der Waals surface area contributed by atoms with Gasteiger partial charge in [0.1, 0.15) is 0 Å². The summed E-state index contributed by atoms with van der Waals surface area (Å²) in [5.41, 5.74) is 5.97. The van der Waals surface area contributed by atoms with Crippen LogP contribution in [0.15, 0.2) is 0 Å². The quantitative estimate of drug-likeness (QED) is 0.710. The topological polar surface area (TPSA) is 46.3 Å². The second-order valence-electron chi connectivity index (χ2n) is 5.18. The molecule has 0 aromatic carbocycles. The van der Waals surface area contributed by atoms with Crippen LogP contribution in [0.2, 0.25) is 0 Å². The Balaban J connectivity index is 1.90. The number of likely N-dealkylation sites (tertiary alicyclic amines) is 1. The number of hydrogen-bond acceptors (Lipinski definition) is 2. The smallest absolute Gasteiger partial charge is 0.225 e. The van der Waals surface area contributed by atoms with Gasteiger partial charge in [-0.15, -0.1) is 0 Å².